The van der Waals surface area contributed by atoms with E-state index in [4.69, 9.17) is 0 Å². The van der Waals surface area contributed by atoms with E-state index in [9.17, 15) is 18.3 Å². The van der Waals surface area contributed by atoms with E-state index < -0.39 is 17.5 Å². The number of aromatic hydroxyl groups is 1. The third kappa shape index (κ3) is 2.99. The Morgan fingerprint density at radius 2 is 1.84 bits per heavy atom. The highest BCUT2D eigenvalue weighted by molar-refractivity contribution is 5.47. The van der Waals surface area contributed by atoms with Crippen molar-refractivity contribution in [1.29, 1.82) is 0 Å². The van der Waals surface area contributed by atoms with E-state index in [1.807, 2.05) is 6.92 Å². The molecule has 19 heavy (non-hydrogen) atoms. The summed E-state index contributed by atoms with van der Waals surface area (Å²) in [4.78, 5) is 0. The summed E-state index contributed by atoms with van der Waals surface area (Å²) in [6, 6.07) is 6.28. The van der Waals surface area contributed by atoms with Gasteiger partial charge >= 0.3 is 0 Å². The van der Waals surface area contributed by atoms with Crippen LogP contribution in [0.2, 0.25) is 0 Å². The second-order valence-electron chi connectivity index (χ2n) is 4.23. The minimum Gasteiger partial charge on any atom is -0.508 e. The lowest BCUT2D eigenvalue weighted by molar-refractivity contribution is 0.468. The zero-order chi connectivity index (χ0) is 14.0. The number of nitrogens with one attached hydrogen (secondary N) is 1. The molecule has 0 fully saturated rings. The Morgan fingerprint density at radius 3 is 2.58 bits per heavy atom. The monoisotopic (exact) mass is 267 g/mol. The first-order valence-corrected chi connectivity index (χ1v) is 5.64. The number of hydrogen-bond acceptors (Lipinski definition) is 2. The molecule has 0 atom stereocenters. The smallest absolute Gasteiger partial charge is 0.182 e. The Bertz CT molecular complexity index is 614. The van der Waals surface area contributed by atoms with Crippen molar-refractivity contribution in [3.63, 3.8) is 0 Å². The largest absolute Gasteiger partial charge is 0.508 e. The van der Waals surface area contributed by atoms with E-state index in [0.29, 0.717) is 11.6 Å². The zero-order valence-corrected chi connectivity index (χ0v) is 10.2. The van der Waals surface area contributed by atoms with E-state index in [1.165, 1.54) is 6.07 Å². The summed E-state index contributed by atoms with van der Waals surface area (Å²) < 4.78 is 39.4. The molecule has 2 nitrogen and oxygen atoms in total. The second-order valence-corrected chi connectivity index (χ2v) is 4.23. The molecule has 0 saturated heterocycles. The molecule has 0 aliphatic rings. The number of aryl methyl sites for hydroxylation is 1. The molecule has 0 bridgehead atoms. The van der Waals surface area contributed by atoms with Crippen molar-refractivity contribution in [1.82, 2.24) is 0 Å². The van der Waals surface area contributed by atoms with Crippen molar-refractivity contribution in [3.8, 4) is 5.75 Å². The van der Waals surface area contributed by atoms with Gasteiger partial charge in [0, 0.05) is 24.2 Å². The lowest BCUT2D eigenvalue weighted by Gasteiger charge is -2.10. The molecule has 0 aliphatic heterocycles. The molecule has 2 aromatic rings. The van der Waals surface area contributed by atoms with E-state index in [1.54, 1.807) is 12.1 Å². The number of phenolic OH excluding ortho intramolecular Hbond substituents is 1. The normalized spacial score (nSPS) is 10.5. The highest BCUT2D eigenvalue weighted by Gasteiger charge is 2.11. The van der Waals surface area contributed by atoms with Crippen molar-refractivity contribution in [2.45, 2.75) is 13.5 Å². The molecule has 0 unspecified atom stereocenters. The number of halogens is 3. The highest BCUT2D eigenvalue weighted by Crippen LogP contribution is 2.23. The second kappa shape index (κ2) is 5.22. The Kier molecular flexibility index (Phi) is 3.64. The average Bonchev–Trinajstić information content (AvgIpc) is 2.35. The van der Waals surface area contributed by atoms with Crippen LogP contribution in [0.25, 0.3) is 0 Å². The highest BCUT2D eigenvalue weighted by atomic mass is 19.2. The molecule has 0 amide bonds. The number of rotatable bonds is 3. The van der Waals surface area contributed by atoms with Crippen LogP contribution in [0.5, 0.6) is 5.75 Å². The van der Waals surface area contributed by atoms with Gasteiger partial charge in [-0.05, 0) is 13.0 Å². The van der Waals surface area contributed by atoms with Gasteiger partial charge in [0.05, 0.1) is 5.69 Å². The summed E-state index contributed by atoms with van der Waals surface area (Å²) in [6.07, 6.45) is 0. The summed E-state index contributed by atoms with van der Waals surface area (Å²) >= 11 is 0. The van der Waals surface area contributed by atoms with Crippen LogP contribution in [0.15, 0.2) is 30.3 Å². The first kappa shape index (κ1) is 13.3. The van der Waals surface area contributed by atoms with Crippen LogP contribution in [0.3, 0.4) is 0 Å². The van der Waals surface area contributed by atoms with Gasteiger partial charge in [-0.15, -0.1) is 0 Å². The molecule has 2 N–H and O–H groups in total. The van der Waals surface area contributed by atoms with E-state index >= 15 is 0 Å². The lowest BCUT2D eigenvalue weighted by Crippen LogP contribution is -2.04. The molecular formula is C14H12F3NO. The quantitative estimate of drug-likeness (QED) is 0.830. The minimum absolute atomic E-state index is 0.0374. The molecule has 0 radical (unpaired) electrons. The van der Waals surface area contributed by atoms with Crippen LogP contribution in [0, 0.1) is 24.4 Å². The molecular weight excluding hydrogens is 255 g/mol. The van der Waals surface area contributed by atoms with Gasteiger partial charge < -0.3 is 10.4 Å². The Morgan fingerprint density at radius 1 is 1.11 bits per heavy atom. The number of benzene rings is 2. The van der Waals surface area contributed by atoms with Crippen molar-refractivity contribution in [3.05, 3.63) is 58.9 Å². The summed E-state index contributed by atoms with van der Waals surface area (Å²) in [5.74, 6) is -3.23. The van der Waals surface area contributed by atoms with Gasteiger partial charge in [0.2, 0.25) is 0 Å². The predicted molar refractivity (Wildman–Crippen MR) is 66.5 cm³/mol. The number of anilines is 1. The topological polar surface area (TPSA) is 32.3 Å². The van der Waals surface area contributed by atoms with Gasteiger partial charge in [-0.2, -0.15) is 0 Å². The fourth-order valence-corrected chi connectivity index (χ4v) is 1.73. The van der Waals surface area contributed by atoms with Crippen LogP contribution in [-0.4, -0.2) is 5.11 Å². The van der Waals surface area contributed by atoms with E-state index in [0.717, 1.165) is 11.6 Å². The molecule has 0 aliphatic carbocycles. The maximum atomic E-state index is 13.4. The molecule has 0 saturated carbocycles. The SMILES string of the molecule is Cc1ccc(O)c(CNc2cc(F)cc(F)c2F)c1. The molecule has 5 heteroatoms. The van der Waals surface area contributed by atoms with Gasteiger partial charge in [-0.3, -0.25) is 0 Å². The van der Waals surface area contributed by atoms with Crippen molar-refractivity contribution < 1.29 is 18.3 Å². The molecule has 2 rings (SSSR count). The van der Waals surface area contributed by atoms with Gasteiger partial charge in [-0.25, -0.2) is 13.2 Å². The minimum atomic E-state index is -1.25. The third-order valence-electron chi connectivity index (χ3n) is 2.70. The molecule has 100 valence electrons. The Labute approximate surface area is 108 Å². The average molecular weight is 267 g/mol. The molecule has 0 heterocycles. The van der Waals surface area contributed by atoms with E-state index in [-0.39, 0.29) is 18.0 Å². The number of phenols is 1. The van der Waals surface area contributed by atoms with Crippen molar-refractivity contribution in [2.75, 3.05) is 5.32 Å². The Hall–Kier alpha value is -2.17. The van der Waals surface area contributed by atoms with Crippen LogP contribution in [0.4, 0.5) is 18.9 Å². The fourth-order valence-electron chi connectivity index (χ4n) is 1.73. The van der Waals surface area contributed by atoms with Crippen LogP contribution >= 0.6 is 0 Å². The predicted octanol–water partition coefficient (Wildman–Crippen LogP) is 3.73. The summed E-state index contributed by atoms with van der Waals surface area (Å²) in [6.45, 7) is 1.90. The first-order valence-electron chi connectivity index (χ1n) is 5.64. The molecule has 0 spiro atoms. The summed E-state index contributed by atoms with van der Waals surface area (Å²) in [5.41, 5.74) is 1.16. The maximum Gasteiger partial charge on any atom is 0.182 e. The maximum absolute atomic E-state index is 13.4. The molecule has 2 aromatic carbocycles. The zero-order valence-electron chi connectivity index (χ0n) is 10.2. The standard InChI is InChI=1S/C14H12F3NO/c1-8-2-3-13(19)9(4-8)7-18-12-6-10(15)5-11(16)14(12)17/h2-6,18-19H,7H2,1H3. The summed E-state index contributed by atoms with van der Waals surface area (Å²) in [5, 5.41) is 12.2. The molecule has 0 aromatic heterocycles. The number of hydrogen-bond donors (Lipinski definition) is 2. The van der Waals surface area contributed by atoms with Crippen LogP contribution in [-0.2, 0) is 6.54 Å². The van der Waals surface area contributed by atoms with Crippen LogP contribution in [0.1, 0.15) is 11.1 Å². The van der Waals surface area contributed by atoms with Gasteiger partial charge in [0.15, 0.2) is 11.6 Å². The first-order chi connectivity index (χ1) is 8.97. The fraction of sp³-hybridized carbons (Fsp3) is 0.143. The van der Waals surface area contributed by atoms with E-state index in [2.05, 4.69) is 5.32 Å². The third-order valence-corrected chi connectivity index (χ3v) is 2.70. The Balaban J connectivity index is 2.21. The van der Waals surface area contributed by atoms with Crippen LogP contribution < -0.4 is 5.32 Å². The lowest BCUT2D eigenvalue weighted by atomic mass is 10.1. The van der Waals surface area contributed by atoms with Gasteiger partial charge in [0.1, 0.15) is 11.6 Å². The summed E-state index contributed by atoms with van der Waals surface area (Å²) in [7, 11) is 0. The van der Waals surface area contributed by atoms with Crippen molar-refractivity contribution >= 4 is 5.69 Å². The van der Waals surface area contributed by atoms with Gasteiger partial charge in [0.25, 0.3) is 0 Å². The van der Waals surface area contributed by atoms with Gasteiger partial charge in [-0.1, -0.05) is 17.7 Å². The van der Waals surface area contributed by atoms with Crippen molar-refractivity contribution in [2.24, 2.45) is 0 Å².